The van der Waals surface area contributed by atoms with Crippen LogP contribution in [0.5, 0.6) is 0 Å². The summed E-state index contributed by atoms with van der Waals surface area (Å²) in [5, 5.41) is 12.9. The van der Waals surface area contributed by atoms with Crippen LogP contribution in [0.25, 0.3) is 0 Å². The molecule has 1 aromatic heterocycles. The second-order valence-electron chi connectivity index (χ2n) is 4.91. The monoisotopic (exact) mass is 371 g/mol. The molecule has 1 heterocycles. The van der Waals surface area contributed by atoms with Gasteiger partial charge < -0.3 is 5.32 Å². The van der Waals surface area contributed by atoms with Crippen molar-refractivity contribution in [3.63, 3.8) is 0 Å². The molecule has 0 saturated heterocycles. The summed E-state index contributed by atoms with van der Waals surface area (Å²) in [4.78, 5) is 26.1. The van der Waals surface area contributed by atoms with E-state index in [0.717, 1.165) is 17.8 Å². The lowest BCUT2D eigenvalue weighted by Crippen LogP contribution is -2.23. The summed E-state index contributed by atoms with van der Waals surface area (Å²) >= 11 is 0.944. The number of hydrogen-bond acceptors (Lipinski definition) is 5. The lowest BCUT2D eigenvalue weighted by molar-refractivity contribution is -0.383. The highest BCUT2D eigenvalue weighted by atomic mass is 32.2. The van der Waals surface area contributed by atoms with E-state index in [-0.39, 0.29) is 16.4 Å². The number of pyridine rings is 1. The van der Waals surface area contributed by atoms with Gasteiger partial charge in [-0.25, -0.2) is 4.98 Å². The third-order valence-corrected chi connectivity index (χ3v) is 4.14. The van der Waals surface area contributed by atoms with Gasteiger partial charge in [-0.1, -0.05) is 23.9 Å². The number of halogens is 3. The molecule has 1 amide bonds. The molecule has 2 aromatic rings. The lowest BCUT2D eigenvalue weighted by atomic mass is 10.2. The molecule has 1 aromatic carbocycles. The second kappa shape index (κ2) is 7.51. The summed E-state index contributed by atoms with van der Waals surface area (Å²) < 4.78 is 37.5. The number of thioether (sulfide) groups is 1. The number of carbonyl (C=O) groups is 1. The number of rotatable bonds is 5. The van der Waals surface area contributed by atoms with Crippen LogP contribution in [0.15, 0.2) is 47.6 Å². The van der Waals surface area contributed by atoms with E-state index in [1.807, 2.05) is 0 Å². The maximum Gasteiger partial charge on any atom is 0.417 e. The molecule has 1 atom stereocenters. The zero-order chi connectivity index (χ0) is 18.6. The first-order valence-electron chi connectivity index (χ1n) is 6.92. The summed E-state index contributed by atoms with van der Waals surface area (Å²) in [5.74, 6) is -0.527. The molecule has 0 aliphatic carbocycles. The number of amides is 1. The highest BCUT2D eigenvalue weighted by Crippen LogP contribution is 2.31. The van der Waals surface area contributed by atoms with Gasteiger partial charge in [-0.15, -0.1) is 0 Å². The van der Waals surface area contributed by atoms with Gasteiger partial charge in [-0.3, -0.25) is 14.9 Å². The molecule has 1 N–H and O–H groups in total. The Morgan fingerprint density at radius 1 is 1.28 bits per heavy atom. The van der Waals surface area contributed by atoms with E-state index in [1.54, 1.807) is 0 Å². The number of carbonyl (C=O) groups excluding carboxylic acids is 1. The van der Waals surface area contributed by atoms with Gasteiger partial charge in [0.05, 0.1) is 20.8 Å². The lowest BCUT2D eigenvalue weighted by Gasteiger charge is -2.12. The van der Waals surface area contributed by atoms with Crippen LogP contribution < -0.4 is 5.32 Å². The molecule has 0 fully saturated rings. The van der Waals surface area contributed by atoms with Gasteiger partial charge in [0.15, 0.2) is 0 Å². The standard InChI is InChI=1S/C15H12F3N3O3S/c1-9(25-13-7-6-10(8-19-13)15(16,17)18)14(22)20-11-4-2-3-5-12(11)21(23)24/h2-9H,1H3,(H,20,22). The predicted octanol–water partition coefficient (Wildman–Crippen LogP) is 4.13. The van der Waals surface area contributed by atoms with E-state index >= 15 is 0 Å². The fraction of sp³-hybridized carbons (Fsp3) is 0.200. The summed E-state index contributed by atoms with van der Waals surface area (Å²) in [6.45, 7) is 1.52. The van der Waals surface area contributed by atoms with E-state index in [4.69, 9.17) is 0 Å². The molecular formula is C15H12F3N3O3S. The third-order valence-electron chi connectivity index (χ3n) is 3.09. The zero-order valence-electron chi connectivity index (χ0n) is 12.8. The molecule has 0 saturated carbocycles. The SMILES string of the molecule is CC(Sc1ccc(C(F)(F)F)cn1)C(=O)Nc1ccccc1[N+](=O)[O-]. The summed E-state index contributed by atoms with van der Waals surface area (Å²) in [7, 11) is 0. The number of anilines is 1. The molecule has 1 unspecified atom stereocenters. The van der Waals surface area contributed by atoms with Crippen molar-refractivity contribution in [2.75, 3.05) is 5.32 Å². The van der Waals surface area contributed by atoms with Gasteiger partial charge in [0.25, 0.3) is 5.69 Å². The minimum Gasteiger partial charge on any atom is -0.319 e. The normalized spacial score (nSPS) is 12.5. The predicted molar refractivity (Wildman–Crippen MR) is 86.3 cm³/mol. The van der Waals surface area contributed by atoms with Gasteiger partial charge >= 0.3 is 6.18 Å². The van der Waals surface area contributed by atoms with Gasteiger partial charge in [0, 0.05) is 12.3 Å². The van der Waals surface area contributed by atoms with E-state index < -0.39 is 27.8 Å². The smallest absolute Gasteiger partial charge is 0.319 e. The van der Waals surface area contributed by atoms with E-state index in [2.05, 4.69) is 10.3 Å². The molecule has 0 aliphatic rings. The number of nitrogens with zero attached hydrogens (tertiary/aromatic N) is 2. The Hall–Kier alpha value is -2.62. The zero-order valence-corrected chi connectivity index (χ0v) is 13.6. The summed E-state index contributed by atoms with van der Waals surface area (Å²) in [5.41, 5.74) is -1.08. The minimum absolute atomic E-state index is 0.0466. The van der Waals surface area contributed by atoms with Gasteiger partial charge in [-0.05, 0) is 25.1 Å². The molecule has 132 valence electrons. The number of hydrogen-bond donors (Lipinski definition) is 1. The molecule has 6 nitrogen and oxygen atoms in total. The molecular weight excluding hydrogens is 359 g/mol. The largest absolute Gasteiger partial charge is 0.417 e. The molecule has 10 heteroatoms. The van der Waals surface area contributed by atoms with Crippen molar-refractivity contribution in [2.45, 2.75) is 23.4 Å². The van der Waals surface area contributed by atoms with E-state index in [0.29, 0.717) is 6.20 Å². The number of nitro groups is 1. The van der Waals surface area contributed by atoms with Crippen LogP contribution in [0.4, 0.5) is 24.5 Å². The van der Waals surface area contributed by atoms with Crippen molar-refractivity contribution in [3.8, 4) is 0 Å². The molecule has 25 heavy (non-hydrogen) atoms. The number of aromatic nitrogens is 1. The van der Waals surface area contributed by atoms with Crippen molar-refractivity contribution >= 4 is 29.0 Å². The molecule has 2 rings (SSSR count). The number of benzene rings is 1. The molecule has 0 spiro atoms. The Balaban J connectivity index is 2.05. The highest BCUT2D eigenvalue weighted by Gasteiger charge is 2.30. The molecule has 0 radical (unpaired) electrons. The number of nitro benzene ring substituents is 1. The Morgan fingerprint density at radius 2 is 1.96 bits per heavy atom. The fourth-order valence-corrected chi connectivity index (χ4v) is 2.61. The van der Waals surface area contributed by atoms with Gasteiger partial charge in [0.1, 0.15) is 5.69 Å². The van der Waals surface area contributed by atoms with Gasteiger partial charge in [-0.2, -0.15) is 13.2 Å². The van der Waals surface area contributed by atoms with Crippen molar-refractivity contribution in [1.82, 2.24) is 4.98 Å². The molecule has 0 aliphatic heterocycles. The first-order valence-corrected chi connectivity index (χ1v) is 7.80. The number of nitrogens with one attached hydrogen (secondary N) is 1. The van der Waals surface area contributed by atoms with Crippen LogP contribution in [-0.2, 0) is 11.0 Å². The van der Waals surface area contributed by atoms with Gasteiger partial charge in [0.2, 0.25) is 5.91 Å². The first-order chi connectivity index (χ1) is 11.7. The molecule has 0 bridgehead atoms. The van der Waals surface area contributed by atoms with Crippen LogP contribution in [0.1, 0.15) is 12.5 Å². The second-order valence-corrected chi connectivity index (χ2v) is 6.27. The third kappa shape index (κ3) is 4.92. The van der Waals surface area contributed by atoms with E-state index in [9.17, 15) is 28.1 Å². The van der Waals surface area contributed by atoms with Crippen LogP contribution >= 0.6 is 11.8 Å². The highest BCUT2D eigenvalue weighted by molar-refractivity contribution is 8.00. The summed E-state index contributed by atoms with van der Waals surface area (Å²) in [6.07, 6.45) is -3.79. The maximum atomic E-state index is 12.5. The van der Waals surface area contributed by atoms with Crippen LogP contribution in [0.3, 0.4) is 0 Å². The van der Waals surface area contributed by atoms with Crippen LogP contribution in [0.2, 0.25) is 0 Å². The van der Waals surface area contributed by atoms with Crippen molar-refractivity contribution < 1.29 is 22.9 Å². The quantitative estimate of drug-likeness (QED) is 0.485. The average Bonchev–Trinajstić information content (AvgIpc) is 2.54. The van der Waals surface area contributed by atoms with E-state index in [1.165, 1.54) is 37.3 Å². The van der Waals surface area contributed by atoms with Crippen molar-refractivity contribution in [1.29, 1.82) is 0 Å². The Morgan fingerprint density at radius 3 is 2.52 bits per heavy atom. The first kappa shape index (κ1) is 18.7. The fourth-order valence-electron chi connectivity index (χ4n) is 1.83. The number of para-hydroxylation sites is 2. The average molecular weight is 371 g/mol. The maximum absolute atomic E-state index is 12.5. The van der Waals surface area contributed by atoms with Crippen LogP contribution in [-0.4, -0.2) is 21.1 Å². The summed E-state index contributed by atoms with van der Waals surface area (Å²) in [6, 6.07) is 7.70. The van der Waals surface area contributed by atoms with Crippen molar-refractivity contribution in [2.24, 2.45) is 0 Å². The number of alkyl halides is 3. The topological polar surface area (TPSA) is 85.1 Å². The Bertz CT molecular complexity index is 782. The minimum atomic E-state index is -4.48. The van der Waals surface area contributed by atoms with Crippen molar-refractivity contribution in [3.05, 3.63) is 58.3 Å². The Kier molecular flexibility index (Phi) is 5.62. The van der Waals surface area contributed by atoms with Crippen LogP contribution in [0, 0.1) is 10.1 Å². The Labute approximate surface area is 144 Å².